The van der Waals surface area contributed by atoms with Crippen molar-refractivity contribution in [3.63, 3.8) is 0 Å². The molecule has 2 fully saturated rings. The lowest BCUT2D eigenvalue weighted by molar-refractivity contribution is -0.327. The van der Waals surface area contributed by atoms with Gasteiger partial charge in [0.2, 0.25) is 0 Å². The number of ether oxygens (including phenoxy) is 6. The van der Waals surface area contributed by atoms with E-state index in [1.807, 2.05) is 91.0 Å². The van der Waals surface area contributed by atoms with Gasteiger partial charge in [-0.05, 0) is 22.2 Å². The predicted octanol–water partition coefficient (Wildman–Crippen LogP) is 2.64. The maximum atomic E-state index is 10.9. The molecule has 0 bridgehead atoms. The second-order valence-corrected chi connectivity index (χ2v) is 11.5. The molecule has 1 saturated carbocycles. The monoisotopic (exact) mass is 651 g/mol. The normalized spacial score (nSPS) is 32.4. The van der Waals surface area contributed by atoms with E-state index in [0.717, 1.165) is 16.7 Å². The summed E-state index contributed by atoms with van der Waals surface area (Å²) in [6, 6.07) is 27.3. The number of rotatable bonds is 14. The van der Waals surface area contributed by atoms with Gasteiger partial charge in [0.15, 0.2) is 6.29 Å². The van der Waals surface area contributed by atoms with E-state index >= 15 is 0 Å². The third-order valence-corrected chi connectivity index (χ3v) is 8.37. The summed E-state index contributed by atoms with van der Waals surface area (Å²) < 4.78 is 36.5. The second-order valence-electron chi connectivity index (χ2n) is 11.5. The first-order valence-corrected chi connectivity index (χ1v) is 15.4. The zero-order valence-corrected chi connectivity index (χ0v) is 25.9. The summed E-state index contributed by atoms with van der Waals surface area (Å²) in [5.41, 5.74) is 12.3. The molecule has 1 aliphatic heterocycles. The van der Waals surface area contributed by atoms with Crippen LogP contribution in [-0.2, 0) is 48.2 Å². The minimum absolute atomic E-state index is 0.00910. The molecule has 3 aromatic carbocycles. The average molecular weight is 652 g/mol. The van der Waals surface area contributed by atoms with Gasteiger partial charge in [0.05, 0.1) is 26.4 Å². The molecule has 0 aromatic heterocycles. The molecule has 5 rings (SSSR count). The first-order valence-electron chi connectivity index (χ1n) is 15.4. The molecule has 11 atom stereocenters. The van der Waals surface area contributed by atoms with Crippen molar-refractivity contribution < 1.29 is 48.8 Å². The quantitative estimate of drug-likeness (QED) is 0.115. The van der Waals surface area contributed by atoms with Crippen LogP contribution in [0.1, 0.15) is 16.7 Å². The van der Waals surface area contributed by atoms with Crippen LogP contribution >= 0.6 is 0 Å². The van der Waals surface area contributed by atoms with Gasteiger partial charge in [0.1, 0.15) is 61.0 Å². The topological polar surface area (TPSA) is 185 Å². The number of nitrogens with zero attached hydrogens (tertiary/aromatic N) is 3. The van der Waals surface area contributed by atoms with Crippen molar-refractivity contribution in [1.82, 2.24) is 0 Å². The lowest BCUT2D eigenvalue weighted by Gasteiger charge is -2.48. The van der Waals surface area contributed by atoms with E-state index in [0.29, 0.717) is 0 Å². The molecule has 252 valence electrons. The van der Waals surface area contributed by atoms with Crippen molar-refractivity contribution in [1.29, 1.82) is 0 Å². The van der Waals surface area contributed by atoms with Crippen LogP contribution in [0.4, 0.5) is 0 Å². The van der Waals surface area contributed by atoms with Crippen LogP contribution in [-0.4, -0.2) is 101 Å². The number of hydrogen-bond donors (Lipinski definition) is 4. The smallest absolute Gasteiger partial charge is 0.169 e. The second kappa shape index (κ2) is 17.1. The lowest BCUT2D eigenvalue weighted by Crippen LogP contribution is -2.67. The summed E-state index contributed by atoms with van der Waals surface area (Å²) in [5, 5.41) is 47.1. The molecular formula is C34H41N3O10. The highest BCUT2D eigenvalue weighted by Gasteiger charge is 2.54. The van der Waals surface area contributed by atoms with Gasteiger partial charge in [0.25, 0.3) is 0 Å². The standard InChI is InChI=1S/C34H41N3O10/c1-42-32-26(38)28(40)33(29(41)27(32)39)47-34-25(36-37-35)31(45-19-23-15-9-4-10-16-23)30(44-18-22-13-7-3-8-14-22)24(46-34)20-43-17-21-11-5-2-6-12-21/h2-16,24-34,38-41H,17-20H2,1H3/t24-,25-,26-,27+,28-,29-,30-,31-,32?,33?,34-/m1/s1. The van der Waals surface area contributed by atoms with Crippen molar-refractivity contribution in [3.8, 4) is 0 Å². The summed E-state index contributed by atoms with van der Waals surface area (Å²) >= 11 is 0. The van der Waals surface area contributed by atoms with E-state index < -0.39 is 67.3 Å². The van der Waals surface area contributed by atoms with Gasteiger partial charge >= 0.3 is 0 Å². The van der Waals surface area contributed by atoms with Crippen LogP contribution in [0.15, 0.2) is 96.1 Å². The van der Waals surface area contributed by atoms with Gasteiger partial charge in [-0.15, -0.1) is 0 Å². The van der Waals surface area contributed by atoms with Crippen molar-refractivity contribution in [3.05, 3.63) is 118 Å². The van der Waals surface area contributed by atoms with E-state index in [9.17, 15) is 26.0 Å². The molecule has 0 amide bonds. The molecule has 1 heterocycles. The zero-order chi connectivity index (χ0) is 33.2. The Hall–Kier alpha value is -3.43. The van der Waals surface area contributed by atoms with Crippen molar-refractivity contribution in [2.45, 2.75) is 87.1 Å². The summed E-state index contributed by atoms with van der Waals surface area (Å²) in [6.07, 6.45) is -13.4. The molecule has 1 aliphatic carbocycles. The van der Waals surface area contributed by atoms with Crippen LogP contribution in [0.5, 0.6) is 0 Å². The van der Waals surface area contributed by atoms with Crippen molar-refractivity contribution >= 4 is 0 Å². The molecule has 4 N–H and O–H groups in total. The molecule has 3 aromatic rings. The Labute approximate surface area is 272 Å². The number of benzene rings is 3. The van der Waals surface area contributed by atoms with Gasteiger partial charge in [-0.25, -0.2) is 0 Å². The maximum Gasteiger partial charge on any atom is 0.169 e. The molecule has 13 heteroatoms. The molecule has 2 aliphatic rings. The van der Waals surface area contributed by atoms with Gasteiger partial charge in [-0.1, -0.05) is 96.1 Å². The Bertz CT molecular complexity index is 1390. The molecule has 13 nitrogen and oxygen atoms in total. The third kappa shape index (κ3) is 8.73. The van der Waals surface area contributed by atoms with Gasteiger partial charge in [0, 0.05) is 12.0 Å². The Morgan fingerprint density at radius 3 is 1.62 bits per heavy atom. The highest BCUT2D eigenvalue weighted by Crippen LogP contribution is 2.34. The van der Waals surface area contributed by atoms with Crippen molar-refractivity contribution in [2.24, 2.45) is 5.11 Å². The van der Waals surface area contributed by atoms with E-state index in [1.54, 1.807) is 0 Å². The number of aliphatic hydroxyl groups excluding tert-OH is 4. The Morgan fingerprint density at radius 1 is 0.660 bits per heavy atom. The third-order valence-electron chi connectivity index (χ3n) is 8.37. The Morgan fingerprint density at radius 2 is 1.13 bits per heavy atom. The Kier molecular flexibility index (Phi) is 12.7. The van der Waals surface area contributed by atoms with E-state index in [4.69, 9.17) is 28.4 Å². The maximum absolute atomic E-state index is 10.9. The first kappa shape index (κ1) is 34.9. The molecule has 47 heavy (non-hydrogen) atoms. The minimum atomic E-state index is -1.68. The van der Waals surface area contributed by atoms with Gasteiger partial charge in [-0.3, -0.25) is 0 Å². The Balaban J connectivity index is 1.45. The predicted molar refractivity (Wildman–Crippen MR) is 167 cm³/mol. The van der Waals surface area contributed by atoms with Crippen molar-refractivity contribution in [2.75, 3.05) is 13.7 Å². The highest BCUT2D eigenvalue weighted by atomic mass is 16.7. The first-order chi connectivity index (χ1) is 22.9. The lowest BCUT2D eigenvalue weighted by atomic mass is 9.84. The number of aliphatic hydroxyl groups is 4. The molecule has 0 radical (unpaired) electrons. The molecule has 0 spiro atoms. The fourth-order valence-electron chi connectivity index (χ4n) is 5.89. The van der Waals surface area contributed by atoms with E-state index in [1.165, 1.54) is 7.11 Å². The van der Waals surface area contributed by atoms with E-state index in [-0.39, 0.29) is 26.4 Å². The largest absolute Gasteiger partial charge is 0.387 e. The molecular weight excluding hydrogens is 610 g/mol. The zero-order valence-electron chi connectivity index (χ0n) is 25.9. The molecule has 1 saturated heterocycles. The van der Waals surface area contributed by atoms with Gasteiger partial charge in [-0.2, -0.15) is 0 Å². The minimum Gasteiger partial charge on any atom is -0.387 e. The summed E-state index contributed by atoms with van der Waals surface area (Å²) in [5.74, 6) is 0. The number of methoxy groups -OCH3 is 1. The van der Waals surface area contributed by atoms with Crippen LogP contribution in [0.25, 0.3) is 10.4 Å². The fourth-order valence-corrected chi connectivity index (χ4v) is 5.89. The summed E-state index contributed by atoms with van der Waals surface area (Å²) in [4.78, 5) is 3.04. The van der Waals surface area contributed by atoms with Crippen LogP contribution < -0.4 is 0 Å². The SMILES string of the molecule is COC1[C@@H](O)[C@@H](O)C(O[C@H]2O[C@H](COCc3ccccc3)[C@@H](OCc3ccccc3)[C@H](OCc3ccccc3)[C@H]2N=[N+]=[N-])[C@H](O)[C@H]1O. The number of azide groups is 1. The fraction of sp³-hybridized carbons (Fsp3) is 0.471. The number of hydrogen-bond acceptors (Lipinski definition) is 11. The van der Waals surface area contributed by atoms with Crippen LogP contribution in [0.2, 0.25) is 0 Å². The van der Waals surface area contributed by atoms with E-state index in [2.05, 4.69) is 10.0 Å². The summed E-state index contributed by atoms with van der Waals surface area (Å²) in [7, 11) is 1.24. The van der Waals surface area contributed by atoms with Gasteiger partial charge < -0.3 is 48.8 Å². The highest BCUT2D eigenvalue weighted by molar-refractivity contribution is 5.16. The van der Waals surface area contributed by atoms with Crippen LogP contribution in [0.3, 0.4) is 0 Å². The van der Waals surface area contributed by atoms with Crippen LogP contribution in [0, 0.1) is 0 Å². The molecule has 2 unspecified atom stereocenters. The summed E-state index contributed by atoms with van der Waals surface area (Å²) in [6.45, 7) is 0.583. The average Bonchev–Trinajstić information content (AvgIpc) is 3.10.